The monoisotopic (exact) mass is 457 g/mol. The van der Waals surface area contributed by atoms with Gasteiger partial charge in [0.2, 0.25) is 11.1 Å². The van der Waals surface area contributed by atoms with Gasteiger partial charge in [0.25, 0.3) is 0 Å². The molecule has 0 aliphatic heterocycles. The molecule has 1 amide bonds. The third-order valence-electron chi connectivity index (χ3n) is 6.98. The van der Waals surface area contributed by atoms with Gasteiger partial charge in [-0.15, -0.1) is 10.2 Å². The van der Waals surface area contributed by atoms with Crippen molar-refractivity contribution in [2.75, 3.05) is 11.6 Å². The number of aromatic nitrogens is 3. The number of thioether (sulfide) groups is 1. The Morgan fingerprint density at radius 1 is 1.25 bits per heavy atom. The summed E-state index contributed by atoms with van der Waals surface area (Å²) >= 11 is 1.30. The summed E-state index contributed by atoms with van der Waals surface area (Å²) in [5.74, 6) is 10.0. The van der Waals surface area contributed by atoms with Crippen LogP contribution < -0.4 is 15.9 Å². The van der Waals surface area contributed by atoms with Gasteiger partial charge in [0.15, 0.2) is 5.82 Å². The quantitative estimate of drug-likeness (QED) is 0.461. The number of amides is 1. The molecule has 174 valence electrons. The van der Waals surface area contributed by atoms with E-state index in [1.807, 2.05) is 12.1 Å². The standard InChI is InChI=1S/C24H35N5O2S/c1-15(20-12-16-5-6-17(20)11-16)26-22(30)14-32-23-28-27-21(29(23)25)13-31-19-9-7-18(8-10-19)24(2,3)4/h7-10,15-17,20H,5-6,11-14,25H2,1-4H3,(H,26,30)/t15-,16+,17+,20+/m1/s1. The Bertz CT molecular complexity index is 937. The van der Waals surface area contributed by atoms with E-state index in [1.165, 1.54) is 47.7 Å². The van der Waals surface area contributed by atoms with Crippen molar-refractivity contribution in [3.8, 4) is 5.75 Å². The van der Waals surface area contributed by atoms with Crippen molar-refractivity contribution in [3.63, 3.8) is 0 Å². The minimum Gasteiger partial charge on any atom is -0.486 e. The Morgan fingerprint density at radius 3 is 2.62 bits per heavy atom. The van der Waals surface area contributed by atoms with E-state index in [0.717, 1.165) is 17.6 Å². The number of nitrogens with one attached hydrogen (secondary N) is 1. The summed E-state index contributed by atoms with van der Waals surface area (Å²) in [5.41, 5.74) is 1.35. The van der Waals surface area contributed by atoms with Gasteiger partial charge in [0.1, 0.15) is 12.4 Å². The first-order valence-corrected chi connectivity index (χ1v) is 12.5. The van der Waals surface area contributed by atoms with Crippen LogP contribution in [0.15, 0.2) is 29.4 Å². The van der Waals surface area contributed by atoms with Crippen molar-refractivity contribution in [1.82, 2.24) is 20.2 Å². The van der Waals surface area contributed by atoms with Gasteiger partial charge in [-0.25, -0.2) is 4.68 Å². The number of hydrogen-bond donors (Lipinski definition) is 2. The van der Waals surface area contributed by atoms with E-state index in [1.54, 1.807) is 0 Å². The largest absolute Gasteiger partial charge is 0.486 e. The molecule has 7 nitrogen and oxygen atoms in total. The zero-order valence-electron chi connectivity index (χ0n) is 19.5. The lowest BCUT2D eigenvalue weighted by molar-refractivity contribution is -0.119. The first-order valence-electron chi connectivity index (χ1n) is 11.6. The lowest BCUT2D eigenvalue weighted by Crippen LogP contribution is -2.41. The third kappa shape index (κ3) is 5.22. The van der Waals surface area contributed by atoms with Gasteiger partial charge >= 0.3 is 0 Å². The average molecular weight is 458 g/mol. The van der Waals surface area contributed by atoms with Gasteiger partial charge in [-0.05, 0) is 67.1 Å². The number of ether oxygens (including phenoxy) is 1. The molecule has 8 heteroatoms. The van der Waals surface area contributed by atoms with Crippen molar-refractivity contribution in [3.05, 3.63) is 35.7 Å². The van der Waals surface area contributed by atoms with Gasteiger partial charge in [-0.3, -0.25) is 4.79 Å². The van der Waals surface area contributed by atoms with Crippen molar-refractivity contribution in [2.45, 2.75) is 76.6 Å². The highest BCUT2D eigenvalue weighted by molar-refractivity contribution is 7.99. The van der Waals surface area contributed by atoms with Crippen LogP contribution >= 0.6 is 11.8 Å². The second kappa shape index (κ2) is 9.33. The molecule has 1 aromatic heterocycles. The molecule has 0 unspecified atom stereocenters. The van der Waals surface area contributed by atoms with Crippen molar-refractivity contribution < 1.29 is 9.53 Å². The highest BCUT2D eigenvalue weighted by Gasteiger charge is 2.42. The molecule has 1 aromatic carbocycles. The zero-order valence-corrected chi connectivity index (χ0v) is 20.3. The normalized spacial score (nSPS) is 23.3. The molecule has 3 N–H and O–H groups in total. The topological polar surface area (TPSA) is 95.1 Å². The van der Waals surface area contributed by atoms with Crippen LogP contribution in [0.5, 0.6) is 5.75 Å². The molecule has 0 spiro atoms. The molecule has 0 saturated heterocycles. The molecule has 32 heavy (non-hydrogen) atoms. The highest BCUT2D eigenvalue weighted by Crippen LogP contribution is 2.49. The lowest BCUT2D eigenvalue weighted by Gasteiger charge is -2.28. The van der Waals surface area contributed by atoms with E-state index >= 15 is 0 Å². The predicted octanol–water partition coefficient (Wildman–Crippen LogP) is 3.90. The van der Waals surface area contributed by atoms with Gasteiger partial charge in [0.05, 0.1) is 5.75 Å². The van der Waals surface area contributed by atoms with E-state index in [-0.39, 0.29) is 29.7 Å². The van der Waals surface area contributed by atoms with E-state index in [2.05, 4.69) is 55.3 Å². The number of carbonyl (C=O) groups excluding carboxylic acids is 1. The summed E-state index contributed by atoms with van der Waals surface area (Å²) in [6, 6.07) is 8.27. The highest BCUT2D eigenvalue weighted by atomic mass is 32.2. The molecular formula is C24H35N5O2S. The summed E-state index contributed by atoms with van der Waals surface area (Å²) in [6.07, 6.45) is 5.31. The summed E-state index contributed by atoms with van der Waals surface area (Å²) in [6.45, 7) is 8.89. The number of benzene rings is 1. The molecule has 2 saturated carbocycles. The Labute approximate surface area is 194 Å². The van der Waals surface area contributed by atoms with Crippen LogP contribution in [-0.2, 0) is 16.8 Å². The van der Waals surface area contributed by atoms with Gasteiger partial charge < -0.3 is 15.9 Å². The molecule has 2 aromatic rings. The second-order valence-electron chi connectivity index (χ2n) is 10.3. The first kappa shape index (κ1) is 23.0. The van der Waals surface area contributed by atoms with Crippen LogP contribution in [-0.4, -0.2) is 32.6 Å². The summed E-state index contributed by atoms with van der Waals surface area (Å²) < 4.78 is 7.22. The second-order valence-corrected chi connectivity index (χ2v) is 11.3. The summed E-state index contributed by atoms with van der Waals surface area (Å²) in [7, 11) is 0. The molecule has 4 rings (SSSR count). The minimum absolute atomic E-state index is 0.0185. The van der Waals surface area contributed by atoms with Crippen LogP contribution in [0.1, 0.15) is 64.8 Å². The average Bonchev–Trinajstić information content (AvgIpc) is 3.47. The van der Waals surface area contributed by atoms with Crippen LogP contribution in [0.2, 0.25) is 0 Å². The Balaban J connectivity index is 1.24. The number of rotatable bonds is 8. The maximum atomic E-state index is 12.5. The van der Waals surface area contributed by atoms with E-state index in [9.17, 15) is 4.79 Å². The van der Waals surface area contributed by atoms with Crippen LogP contribution in [0.3, 0.4) is 0 Å². The Morgan fingerprint density at radius 2 is 2.00 bits per heavy atom. The number of hydrogen-bond acceptors (Lipinski definition) is 6. The molecule has 2 bridgehead atoms. The molecule has 0 radical (unpaired) electrons. The fraction of sp³-hybridized carbons (Fsp3) is 0.625. The number of nitrogens with zero attached hydrogens (tertiary/aromatic N) is 3. The minimum atomic E-state index is 0.0185. The van der Waals surface area contributed by atoms with Crippen LogP contribution in [0.25, 0.3) is 0 Å². The predicted molar refractivity (Wildman–Crippen MR) is 127 cm³/mol. The smallest absolute Gasteiger partial charge is 0.230 e. The molecule has 1 heterocycles. The van der Waals surface area contributed by atoms with Gasteiger partial charge in [0, 0.05) is 6.04 Å². The number of nitrogen functional groups attached to an aromatic ring is 1. The van der Waals surface area contributed by atoms with E-state index in [4.69, 9.17) is 10.6 Å². The van der Waals surface area contributed by atoms with Crippen LogP contribution in [0.4, 0.5) is 0 Å². The van der Waals surface area contributed by atoms with E-state index < -0.39 is 0 Å². The maximum Gasteiger partial charge on any atom is 0.230 e. The molecule has 4 atom stereocenters. The number of nitrogens with two attached hydrogens (primary N) is 1. The van der Waals surface area contributed by atoms with Crippen molar-refractivity contribution in [2.24, 2.45) is 17.8 Å². The Kier molecular flexibility index (Phi) is 6.70. The van der Waals surface area contributed by atoms with Crippen LogP contribution in [0, 0.1) is 17.8 Å². The Hall–Kier alpha value is -2.22. The molecular weight excluding hydrogens is 422 g/mol. The first-order chi connectivity index (χ1) is 15.2. The number of carbonyl (C=O) groups is 1. The van der Waals surface area contributed by atoms with E-state index in [0.29, 0.717) is 16.9 Å². The van der Waals surface area contributed by atoms with Gasteiger partial charge in [-0.2, -0.15) is 0 Å². The maximum absolute atomic E-state index is 12.5. The zero-order chi connectivity index (χ0) is 22.9. The molecule has 2 fully saturated rings. The molecule has 2 aliphatic carbocycles. The van der Waals surface area contributed by atoms with Crippen molar-refractivity contribution >= 4 is 17.7 Å². The van der Waals surface area contributed by atoms with Crippen molar-refractivity contribution in [1.29, 1.82) is 0 Å². The summed E-state index contributed by atoms with van der Waals surface area (Å²) in [4.78, 5) is 12.5. The van der Waals surface area contributed by atoms with Gasteiger partial charge in [-0.1, -0.05) is 51.1 Å². The third-order valence-corrected chi connectivity index (χ3v) is 7.92. The fourth-order valence-corrected chi connectivity index (χ4v) is 5.83. The SMILES string of the molecule is C[C@@H](NC(=O)CSc1nnc(COc2ccc(C(C)(C)C)cc2)n1N)[C@@H]1C[C@H]2CC[C@H]1C2. The summed E-state index contributed by atoms with van der Waals surface area (Å²) in [5, 5.41) is 11.9. The lowest BCUT2D eigenvalue weighted by atomic mass is 9.84. The fourth-order valence-electron chi connectivity index (χ4n) is 5.14. The number of fused-ring (bicyclic) bond motifs is 2. The molecule has 2 aliphatic rings.